The van der Waals surface area contributed by atoms with E-state index < -0.39 is 22.2 Å². The second kappa shape index (κ2) is 4.42. The molecule has 16 heavy (non-hydrogen) atoms. The molecule has 1 rings (SSSR count). The highest BCUT2D eigenvalue weighted by Crippen LogP contribution is 2.25. The van der Waals surface area contributed by atoms with E-state index in [9.17, 15) is 21.6 Å². The summed E-state index contributed by atoms with van der Waals surface area (Å²) in [4.78, 5) is 0. The monoisotopic (exact) mass is 254 g/mol. The van der Waals surface area contributed by atoms with Gasteiger partial charge in [0.15, 0.2) is 0 Å². The summed E-state index contributed by atoms with van der Waals surface area (Å²) < 4.78 is 60.7. The molecule has 0 fully saturated rings. The second-order valence-corrected chi connectivity index (χ2v) is 4.76. The van der Waals surface area contributed by atoms with E-state index in [-0.39, 0.29) is 0 Å². The molecule has 0 aliphatic rings. The fraction of sp³-hybridized carbons (Fsp3) is 0.333. The van der Waals surface area contributed by atoms with Crippen LogP contribution in [-0.2, 0) is 20.9 Å². The Bertz CT molecular complexity index is 465. The molecule has 0 unspecified atom stereocenters. The van der Waals surface area contributed by atoms with Gasteiger partial charge in [0.05, 0.1) is 6.61 Å². The van der Waals surface area contributed by atoms with Gasteiger partial charge in [-0.25, -0.2) is 0 Å². The van der Waals surface area contributed by atoms with Crippen LogP contribution < -0.4 is 0 Å². The zero-order chi connectivity index (χ0) is 12.4. The van der Waals surface area contributed by atoms with Crippen LogP contribution in [0.5, 0.6) is 0 Å². The van der Waals surface area contributed by atoms with E-state index in [4.69, 9.17) is 0 Å². The van der Waals surface area contributed by atoms with Crippen LogP contribution in [0.1, 0.15) is 11.1 Å². The van der Waals surface area contributed by atoms with Crippen molar-refractivity contribution in [3.05, 3.63) is 35.4 Å². The molecular formula is C9H9F3O3S. The summed E-state index contributed by atoms with van der Waals surface area (Å²) in [6, 6.07) is 6.38. The molecule has 0 spiro atoms. The highest BCUT2D eigenvalue weighted by Gasteiger charge is 2.47. The summed E-state index contributed by atoms with van der Waals surface area (Å²) in [6.07, 6.45) is 0. The SMILES string of the molecule is Cc1cccc(COS(=O)(=O)C(F)(F)F)c1. The number of halogens is 3. The molecule has 0 radical (unpaired) electrons. The van der Waals surface area contributed by atoms with Gasteiger partial charge in [-0.2, -0.15) is 21.6 Å². The lowest BCUT2D eigenvalue weighted by atomic mass is 10.1. The maximum absolute atomic E-state index is 11.9. The first kappa shape index (κ1) is 13.0. The molecule has 3 nitrogen and oxygen atoms in total. The third-order valence-electron chi connectivity index (χ3n) is 1.75. The van der Waals surface area contributed by atoms with Gasteiger partial charge >= 0.3 is 15.6 Å². The van der Waals surface area contributed by atoms with Gasteiger partial charge < -0.3 is 0 Å². The maximum atomic E-state index is 11.9. The molecule has 0 aromatic heterocycles. The lowest BCUT2D eigenvalue weighted by Crippen LogP contribution is -2.25. The summed E-state index contributed by atoms with van der Waals surface area (Å²) >= 11 is 0. The number of alkyl halides is 3. The molecular weight excluding hydrogens is 245 g/mol. The van der Waals surface area contributed by atoms with Gasteiger partial charge in [-0.05, 0) is 12.5 Å². The Labute approximate surface area is 91.0 Å². The van der Waals surface area contributed by atoms with E-state index in [2.05, 4.69) is 4.18 Å². The van der Waals surface area contributed by atoms with Crippen LogP contribution in [0.2, 0.25) is 0 Å². The minimum atomic E-state index is -5.51. The first-order valence-corrected chi connectivity index (χ1v) is 5.64. The molecule has 90 valence electrons. The zero-order valence-electron chi connectivity index (χ0n) is 8.28. The van der Waals surface area contributed by atoms with Crippen molar-refractivity contribution in [1.29, 1.82) is 0 Å². The number of benzene rings is 1. The van der Waals surface area contributed by atoms with Crippen LogP contribution in [0.15, 0.2) is 24.3 Å². The molecule has 0 saturated carbocycles. The normalized spacial score (nSPS) is 12.8. The summed E-state index contributed by atoms with van der Waals surface area (Å²) in [6.45, 7) is 1.12. The van der Waals surface area contributed by atoms with Crippen molar-refractivity contribution in [2.24, 2.45) is 0 Å². The Hall–Kier alpha value is -1.08. The molecule has 0 heterocycles. The quantitative estimate of drug-likeness (QED) is 0.614. The summed E-state index contributed by atoms with van der Waals surface area (Å²) in [5, 5.41) is 0. The average Bonchev–Trinajstić information content (AvgIpc) is 2.13. The molecule has 0 amide bonds. The van der Waals surface area contributed by atoms with Crippen molar-refractivity contribution < 1.29 is 25.8 Å². The van der Waals surface area contributed by atoms with E-state index in [0.29, 0.717) is 5.56 Å². The molecule has 1 aromatic rings. The first-order valence-electron chi connectivity index (χ1n) is 4.23. The molecule has 0 atom stereocenters. The third-order valence-corrected chi connectivity index (χ3v) is 2.74. The van der Waals surface area contributed by atoms with E-state index >= 15 is 0 Å². The van der Waals surface area contributed by atoms with Crippen molar-refractivity contribution in [2.45, 2.75) is 19.0 Å². The highest BCUT2D eigenvalue weighted by molar-refractivity contribution is 7.87. The second-order valence-electron chi connectivity index (χ2n) is 3.15. The number of hydrogen-bond donors (Lipinski definition) is 0. The molecule has 0 N–H and O–H groups in total. The smallest absolute Gasteiger partial charge is 0.258 e. The number of hydrogen-bond acceptors (Lipinski definition) is 3. The van der Waals surface area contributed by atoms with E-state index in [1.165, 1.54) is 6.07 Å². The van der Waals surface area contributed by atoms with Crippen molar-refractivity contribution in [2.75, 3.05) is 0 Å². The highest BCUT2D eigenvalue weighted by atomic mass is 32.2. The van der Waals surface area contributed by atoms with Gasteiger partial charge in [0.1, 0.15) is 0 Å². The predicted octanol–water partition coefficient (Wildman–Crippen LogP) is 2.36. The standard InChI is InChI=1S/C9H9F3O3S/c1-7-3-2-4-8(5-7)6-15-16(13,14)9(10,11)12/h2-5H,6H2,1H3. The lowest BCUT2D eigenvalue weighted by Gasteiger charge is -2.08. The van der Waals surface area contributed by atoms with Gasteiger partial charge in [-0.15, -0.1) is 0 Å². The van der Waals surface area contributed by atoms with Crippen LogP contribution in [0.4, 0.5) is 13.2 Å². The molecule has 0 aliphatic carbocycles. The molecule has 0 aliphatic heterocycles. The van der Waals surface area contributed by atoms with Gasteiger partial charge in [0.25, 0.3) is 0 Å². The van der Waals surface area contributed by atoms with Crippen LogP contribution in [0, 0.1) is 6.92 Å². The lowest BCUT2D eigenvalue weighted by molar-refractivity contribution is -0.0547. The van der Waals surface area contributed by atoms with Gasteiger partial charge in [0, 0.05) is 0 Å². The number of rotatable bonds is 3. The fourth-order valence-electron chi connectivity index (χ4n) is 1.01. The molecule has 1 aromatic carbocycles. The largest absolute Gasteiger partial charge is 0.523 e. The Morgan fingerprint density at radius 1 is 1.31 bits per heavy atom. The van der Waals surface area contributed by atoms with E-state index in [0.717, 1.165) is 5.56 Å². The number of aryl methyl sites for hydroxylation is 1. The Morgan fingerprint density at radius 3 is 2.44 bits per heavy atom. The average molecular weight is 254 g/mol. The first-order chi connectivity index (χ1) is 7.22. The van der Waals surface area contributed by atoms with Crippen LogP contribution in [0.3, 0.4) is 0 Å². The van der Waals surface area contributed by atoms with Crippen LogP contribution in [0.25, 0.3) is 0 Å². The van der Waals surface area contributed by atoms with Crippen molar-refractivity contribution in [3.8, 4) is 0 Å². The third kappa shape index (κ3) is 3.21. The topological polar surface area (TPSA) is 43.4 Å². The zero-order valence-corrected chi connectivity index (χ0v) is 9.10. The fourth-order valence-corrected chi connectivity index (χ4v) is 1.44. The van der Waals surface area contributed by atoms with Crippen molar-refractivity contribution >= 4 is 10.1 Å². The van der Waals surface area contributed by atoms with Crippen LogP contribution in [-0.4, -0.2) is 13.9 Å². The molecule has 0 bridgehead atoms. The summed E-state index contributed by atoms with van der Waals surface area (Å²) in [7, 11) is -5.51. The Morgan fingerprint density at radius 2 is 1.94 bits per heavy atom. The van der Waals surface area contributed by atoms with Crippen molar-refractivity contribution in [1.82, 2.24) is 0 Å². The van der Waals surface area contributed by atoms with Gasteiger partial charge in [-0.3, -0.25) is 4.18 Å². The summed E-state index contributed by atoms with van der Waals surface area (Å²) in [5.74, 6) is 0. The van der Waals surface area contributed by atoms with E-state index in [1.54, 1.807) is 25.1 Å². The van der Waals surface area contributed by atoms with Crippen molar-refractivity contribution in [3.63, 3.8) is 0 Å². The summed E-state index contributed by atoms with van der Waals surface area (Å²) in [5.41, 5.74) is -4.20. The predicted molar refractivity (Wildman–Crippen MR) is 50.9 cm³/mol. The Balaban J connectivity index is 2.73. The molecule has 0 saturated heterocycles. The maximum Gasteiger partial charge on any atom is 0.523 e. The van der Waals surface area contributed by atoms with Crippen LogP contribution >= 0.6 is 0 Å². The van der Waals surface area contributed by atoms with Gasteiger partial charge in [-0.1, -0.05) is 29.8 Å². The Kier molecular flexibility index (Phi) is 3.59. The minimum Gasteiger partial charge on any atom is -0.258 e. The molecule has 7 heteroatoms. The minimum absolute atomic E-state index is 0.368. The van der Waals surface area contributed by atoms with Gasteiger partial charge in [0.2, 0.25) is 0 Å². The van der Waals surface area contributed by atoms with E-state index in [1.807, 2.05) is 0 Å².